The van der Waals surface area contributed by atoms with Crippen molar-refractivity contribution in [3.8, 4) is 0 Å². The fourth-order valence-electron chi connectivity index (χ4n) is 2.29. The lowest BCUT2D eigenvalue weighted by atomic mass is 10.1. The Morgan fingerprint density at radius 3 is 2.95 bits per heavy atom. The molecule has 0 bridgehead atoms. The molecule has 9 heteroatoms. The van der Waals surface area contributed by atoms with Gasteiger partial charge in [0, 0.05) is 13.1 Å². The van der Waals surface area contributed by atoms with Gasteiger partial charge in [0.2, 0.25) is 11.0 Å². The minimum atomic E-state index is -0.603. The lowest BCUT2D eigenvalue weighted by molar-refractivity contribution is -0.384. The van der Waals surface area contributed by atoms with Gasteiger partial charge in [-0.05, 0) is 13.8 Å². The Morgan fingerprint density at radius 2 is 2.35 bits per heavy atom. The Labute approximate surface area is 120 Å². The Hall–Kier alpha value is -1.51. The minimum absolute atomic E-state index is 0.143. The number of ether oxygens (including phenoxy) is 1. The molecule has 0 aliphatic carbocycles. The molecule has 0 amide bonds. The third-order valence-electron chi connectivity index (χ3n) is 2.93. The van der Waals surface area contributed by atoms with E-state index in [1.165, 1.54) is 6.33 Å². The van der Waals surface area contributed by atoms with Gasteiger partial charge in [0.25, 0.3) is 0 Å². The molecule has 2 rings (SSSR count). The standard InChI is InChI=1S/C11H15ClN4O4/c1-11(2)5-15(3-7(4-17)20-11)10-8(16(18)19)9(12)13-6-14-10/h6-7,17H,3-5H2,1-2H3. The number of nitrogens with zero attached hydrogens (tertiary/aromatic N) is 4. The first-order valence-corrected chi connectivity index (χ1v) is 6.40. The van der Waals surface area contributed by atoms with Crippen LogP contribution in [0.4, 0.5) is 11.5 Å². The van der Waals surface area contributed by atoms with Crippen molar-refractivity contribution in [3.63, 3.8) is 0 Å². The SMILES string of the molecule is CC1(C)CN(c2ncnc(Cl)c2[N+](=O)[O-])CC(CO)O1. The Balaban J connectivity index is 2.40. The predicted molar refractivity (Wildman–Crippen MR) is 71.9 cm³/mol. The minimum Gasteiger partial charge on any atom is -0.394 e. The fourth-order valence-corrected chi connectivity index (χ4v) is 2.49. The fraction of sp³-hybridized carbons (Fsp3) is 0.636. The van der Waals surface area contributed by atoms with Gasteiger partial charge in [-0.25, -0.2) is 9.97 Å². The molecule has 1 aliphatic heterocycles. The van der Waals surface area contributed by atoms with Gasteiger partial charge in [-0.15, -0.1) is 0 Å². The van der Waals surface area contributed by atoms with Crippen LogP contribution in [0.15, 0.2) is 6.33 Å². The summed E-state index contributed by atoms with van der Waals surface area (Å²) in [7, 11) is 0. The first-order chi connectivity index (χ1) is 9.34. The highest BCUT2D eigenvalue weighted by Gasteiger charge is 2.37. The lowest BCUT2D eigenvalue weighted by Gasteiger charge is -2.42. The highest BCUT2D eigenvalue weighted by Crippen LogP contribution is 2.34. The summed E-state index contributed by atoms with van der Waals surface area (Å²) in [5, 5.41) is 20.2. The van der Waals surface area contributed by atoms with Crippen LogP contribution in [-0.2, 0) is 4.74 Å². The van der Waals surface area contributed by atoms with E-state index in [9.17, 15) is 15.2 Å². The number of aliphatic hydroxyl groups excluding tert-OH is 1. The maximum absolute atomic E-state index is 11.1. The monoisotopic (exact) mass is 302 g/mol. The molecule has 0 spiro atoms. The summed E-state index contributed by atoms with van der Waals surface area (Å²) >= 11 is 5.78. The second-order valence-corrected chi connectivity index (χ2v) is 5.51. The van der Waals surface area contributed by atoms with Gasteiger partial charge in [0.1, 0.15) is 6.33 Å². The summed E-state index contributed by atoms with van der Waals surface area (Å²) in [6.45, 7) is 4.21. The molecule has 1 aliphatic rings. The normalized spacial score (nSPS) is 21.8. The number of hydrogen-bond acceptors (Lipinski definition) is 7. The molecule has 2 heterocycles. The van der Waals surface area contributed by atoms with Crippen LogP contribution in [0, 0.1) is 10.1 Å². The molecule has 0 radical (unpaired) electrons. The average molecular weight is 303 g/mol. The maximum atomic E-state index is 11.1. The van der Waals surface area contributed by atoms with Crippen LogP contribution in [0.1, 0.15) is 13.8 Å². The van der Waals surface area contributed by atoms with Crippen molar-refractivity contribution >= 4 is 23.1 Å². The molecule has 1 atom stereocenters. The third-order valence-corrected chi connectivity index (χ3v) is 3.20. The van der Waals surface area contributed by atoms with Crippen LogP contribution in [0.25, 0.3) is 0 Å². The second kappa shape index (κ2) is 5.47. The number of rotatable bonds is 3. The molecule has 1 unspecified atom stereocenters. The van der Waals surface area contributed by atoms with E-state index >= 15 is 0 Å². The number of aliphatic hydroxyl groups is 1. The van der Waals surface area contributed by atoms with E-state index in [2.05, 4.69) is 9.97 Å². The maximum Gasteiger partial charge on any atom is 0.348 e. The number of aromatic nitrogens is 2. The van der Waals surface area contributed by atoms with Crippen LogP contribution < -0.4 is 4.90 Å². The van der Waals surface area contributed by atoms with Crippen molar-refractivity contribution in [2.24, 2.45) is 0 Å². The van der Waals surface area contributed by atoms with Gasteiger partial charge in [0.15, 0.2) is 0 Å². The van der Waals surface area contributed by atoms with Crippen molar-refractivity contribution < 1.29 is 14.8 Å². The van der Waals surface area contributed by atoms with Gasteiger partial charge in [-0.2, -0.15) is 0 Å². The molecule has 0 aromatic carbocycles. The van der Waals surface area contributed by atoms with E-state index < -0.39 is 16.6 Å². The van der Waals surface area contributed by atoms with Gasteiger partial charge < -0.3 is 14.7 Å². The van der Waals surface area contributed by atoms with Crippen LogP contribution in [0.2, 0.25) is 5.15 Å². The largest absolute Gasteiger partial charge is 0.394 e. The van der Waals surface area contributed by atoms with Crippen LogP contribution in [0.5, 0.6) is 0 Å². The molecule has 1 aromatic heterocycles. The first kappa shape index (κ1) is 14.9. The second-order valence-electron chi connectivity index (χ2n) is 5.16. The van der Waals surface area contributed by atoms with Crippen LogP contribution in [0.3, 0.4) is 0 Å². The summed E-state index contributed by atoms with van der Waals surface area (Å²) in [6, 6.07) is 0. The van der Waals surface area contributed by atoms with Gasteiger partial charge in [-0.3, -0.25) is 10.1 Å². The van der Waals surface area contributed by atoms with Crippen molar-refractivity contribution in [1.82, 2.24) is 9.97 Å². The van der Waals surface area contributed by atoms with E-state index in [-0.39, 0.29) is 23.3 Å². The van der Waals surface area contributed by atoms with Gasteiger partial charge >= 0.3 is 5.69 Å². The highest BCUT2D eigenvalue weighted by molar-refractivity contribution is 6.31. The Bertz CT molecular complexity index is 525. The molecule has 1 saturated heterocycles. The summed E-state index contributed by atoms with van der Waals surface area (Å²) < 4.78 is 5.67. The van der Waals surface area contributed by atoms with Crippen LogP contribution in [-0.4, -0.2) is 51.4 Å². The van der Waals surface area contributed by atoms with Gasteiger partial charge in [0.05, 0.1) is 23.2 Å². The Morgan fingerprint density at radius 1 is 1.65 bits per heavy atom. The van der Waals surface area contributed by atoms with E-state index in [1.54, 1.807) is 4.90 Å². The number of nitro groups is 1. The topological polar surface area (TPSA) is 102 Å². The zero-order chi connectivity index (χ0) is 14.9. The van der Waals surface area contributed by atoms with E-state index in [1.807, 2.05) is 13.8 Å². The summed E-state index contributed by atoms with van der Waals surface area (Å²) in [5.74, 6) is 0.143. The molecule has 1 N–H and O–H groups in total. The molecule has 1 fully saturated rings. The van der Waals surface area contributed by atoms with E-state index in [0.29, 0.717) is 13.1 Å². The number of anilines is 1. The average Bonchev–Trinajstić information content (AvgIpc) is 2.36. The quantitative estimate of drug-likeness (QED) is 0.505. The Kier molecular flexibility index (Phi) is 4.07. The van der Waals surface area contributed by atoms with E-state index in [4.69, 9.17) is 16.3 Å². The van der Waals surface area contributed by atoms with Crippen molar-refractivity contribution in [2.75, 3.05) is 24.6 Å². The zero-order valence-corrected chi connectivity index (χ0v) is 11.9. The van der Waals surface area contributed by atoms with Gasteiger partial charge in [-0.1, -0.05) is 11.6 Å². The molecule has 20 heavy (non-hydrogen) atoms. The highest BCUT2D eigenvalue weighted by atomic mass is 35.5. The smallest absolute Gasteiger partial charge is 0.348 e. The molecular weight excluding hydrogens is 288 g/mol. The lowest BCUT2D eigenvalue weighted by Crippen LogP contribution is -2.54. The summed E-state index contributed by atoms with van der Waals surface area (Å²) in [5.41, 5.74) is -0.889. The van der Waals surface area contributed by atoms with Crippen molar-refractivity contribution in [2.45, 2.75) is 25.6 Å². The third kappa shape index (κ3) is 2.97. The summed E-state index contributed by atoms with van der Waals surface area (Å²) in [4.78, 5) is 19.8. The predicted octanol–water partition coefficient (Wildman–Crippen LogP) is 1.01. The number of morpholine rings is 1. The molecule has 8 nitrogen and oxygen atoms in total. The first-order valence-electron chi connectivity index (χ1n) is 6.02. The van der Waals surface area contributed by atoms with Crippen molar-refractivity contribution in [3.05, 3.63) is 21.6 Å². The zero-order valence-electron chi connectivity index (χ0n) is 11.1. The molecule has 0 saturated carbocycles. The molecule has 110 valence electrons. The van der Waals surface area contributed by atoms with Crippen molar-refractivity contribution in [1.29, 1.82) is 0 Å². The molecular formula is C11H15ClN4O4. The van der Waals surface area contributed by atoms with Crippen LogP contribution >= 0.6 is 11.6 Å². The number of halogens is 1. The van der Waals surface area contributed by atoms with E-state index in [0.717, 1.165) is 0 Å². The number of hydrogen-bond donors (Lipinski definition) is 1. The molecule has 1 aromatic rings. The summed E-state index contributed by atoms with van der Waals surface area (Å²) in [6.07, 6.45) is 0.744.